The van der Waals surface area contributed by atoms with Crippen molar-refractivity contribution in [3.63, 3.8) is 0 Å². The van der Waals surface area contributed by atoms with Crippen LogP contribution in [0.1, 0.15) is 23.2 Å². The van der Waals surface area contributed by atoms with Gasteiger partial charge in [0, 0.05) is 26.1 Å². The number of hydrogen-bond donors (Lipinski definition) is 1. The van der Waals surface area contributed by atoms with Gasteiger partial charge in [-0.2, -0.15) is 0 Å². The summed E-state index contributed by atoms with van der Waals surface area (Å²) >= 11 is 5.84. The van der Waals surface area contributed by atoms with E-state index in [0.29, 0.717) is 23.8 Å². The van der Waals surface area contributed by atoms with Crippen LogP contribution in [0.5, 0.6) is 0 Å². The van der Waals surface area contributed by atoms with E-state index in [1.54, 1.807) is 18.6 Å². The molecule has 7 heteroatoms. The summed E-state index contributed by atoms with van der Waals surface area (Å²) in [5.41, 5.74) is 3.00. The topological polar surface area (TPSA) is 56.2 Å². The maximum Gasteiger partial charge on any atom is 0.340 e. The Hall–Kier alpha value is -1.87. The van der Waals surface area contributed by atoms with Gasteiger partial charge in [0.25, 0.3) is 0 Å². The number of rotatable bonds is 6. The van der Waals surface area contributed by atoms with Crippen LogP contribution in [0.3, 0.4) is 0 Å². The fourth-order valence-corrected chi connectivity index (χ4v) is 3.59. The van der Waals surface area contributed by atoms with Gasteiger partial charge in [-0.15, -0.1) is 0 Å². The van der Waals surface area contributed by atoms with Crippen molar-refractivity contribution in [2.75, 3.05) is 11.9 Å². The molecule has 1 aliphatic rings. The van der Waals surface area contributed by atoms with Gasteiger partial charge >= 0.3 is 5.97 Å². The number of anilines is 2. The van der Waals surface area contributed by atoms with Crippen molar-refractivity contribution in [1.82, 2.24) is 9.55 Å². The lowest BCUT2D eigenvalue weighted by atomic mass is 10.1. The third kappa shape index (κ3) is 4.52. The van der Waals surface area contributed by atoms with Crippen LogP contribution >= 0.6 is 38.5 Å². The van der Waals surface area contributed by atoms with Crippen molar-refractivity contribution in [3.8, 4) is 5.69 Å². The zero-order valence-electron chi connectivity index (χ0n) is 14.4. The molecule has 2 aromatic carbocycles. The van der Waals surface area contributed by atoms with Crippen LogP contribution in [0.15, 0.2) is 59.6 Å². The molecule has 0 atom stereocenters. The first-order chi connectivity index (χ1) is 13.1. The number of hydrogen-bond acceptors (Lipinski definition) is 4. The molecule has 0 saturated heterocycles. The Bertz CT molecular complexity index is 954. The Morgan fingerprint density at radius 3 is 2.74 bits per heavy atom. The van der Waals surface area contributed by atoms with Gasteiger partial charge in [-0.3, -0.25) is 0 Å². The number of nitrogens with zero attached hydrogens (tertiary/aromatic N) is 2. The molecule has 1 aliphatic carbocycles. The zero-order chi connectivity index (χ0) is 18.8. The summed E-state index contributed by atoms with van der Waals surface area (Å²) in [4.78, 5) is 16.8. The minimum Gasteiger partial charge on any atom is -0.462 e. The summed E-state index contributed by atoms with van der Waals surface area (Å²) in [7, 11) is 0. The molecular weight excluding hydrogens is 521 g/mol. The van der Waals surface area contributed by atoms with Gasteiger partial charge in [-0.1, -0.05) is 0 Å². The first-order valence-electron chi connectivity index (χ1n) is 8.62. The number of nitrogens with one attached hydrogen (secondary N) is 1. The zero-order valence-corrected chi connectivity index (χ0v) is 18.1. The second kappa shape index (κ2) is 8.02. The Morgan fingerprint density at radius 1 is 1.30 bits per heavy atom. The number of imidazole rings is 1. The summed E-state index contributed by atoms with van der Waals surface area (Å²) in [6.07, 6.45) is 7.59. The second-order valence-corrected chi connectivity index (χ2v) is 8.59. The fourth-order valence-electron chi connectivity index (χ4n) is 2.68. The Labute approximate surface area is 179 Å². The normalized spacial score (nSPS) is 13.4. The molecule has 0 unspecified atom stereocenters. The quantitative estimate of drug-likeness (QED) is 0.331. The lowest BCUT2D eigenvalue weighted by molar-refractivity contribution is 0.0487. The molecule has 1 fully saturated rings. The molecule has 27 heavy (non-hydrogen) atoms. The van der Waals surface area contributed by atoms with Crippen LogP contribution in [-0.4, -0.2) is 22.1 Å². The molecule has 0 amide bonds. The highest BCUT2D eigenvalue weighted by Gasteiger charge is 2.24. The van der Waals surface area contributed by atoms with Gasteiger partial charge in [0.1, 0.15) is 0 Å². The van der Waals surface area contributed by atoms with Gasteiger partial charge in [0.05, 0.1) is 29.9 Å². The molecular formula is C20H17BrIN3O2. The van der Waals surface area contributed by atoms with E-state index in [2.05, 4.69) is 48.8 Å². The van der Waals surface area contributed by atoms with Gasteiger partial charge in [-0.05, 0) is 93.7 Å². The molecule has 4 rings (SSSR count). The smallest absolute Gasteiger partial charge is 0.340 e. The summed E-state index contributed by atoms with van der Waals surface area (Å²) in [5, 5.41) is 3.35. The first kappa shape index (κ1) is 18.5. The summed E-state index contributed by atoms with van der Waals surface area (Å²) in [6.45, 7) is 0.489. The maximum atomic E-state index is 12.7. The highest BCUT2D eigenvalue weighted by Crippen LogP contribution is 2.33. The number of carbonyl (C=O) groups excluding carboxylic acids is 1. The highest BCUT2D eigenvalue weighted by molar-refractivity contribution is 14.1. The minimum absolute atomic E-state index is 0.312. The second-order valence-electron chi connectivity index (χ2n) is 6.49. The van der Waals surface area contributed by atoms with E-state index in [-0.39, 0.29) is 5.97 Å². The van der Waals surface area contributed by atoms with Gasteiger partial charge in [-0.25, -0.2) is 9.78 Å². The molecule has 138 valence electrons. The molecule has 1 heterocycles. The molecule has 1 aromatic heterocycles. The fraction of sp³-hybridized carbons (Fsp3) is 0.200. The summed E-state index contributed by atoms with van der Waals surface area (Å²) in [6, 6.07) is 11.7. The highest BCUT2D eigenvalue weighted by atomic mass is 127. The average Bonchev–Trinajstić information content (AvgIpc) is 3.34. The number of benzene rings is 2. The van der Waals surface area contributed by atoms with Gasteiger partial charge in [0.2, 0.25) is 0 Å². The van der Waals surface area contributed by atoms with E-state index in [9.17, 15) is 4.79 Å². The first-order valence-corrected chi connectivity index (χ1v) is 10.5. The van der Waals surface area contributed by atoms with Crippen LogP contribution in [0, 0.1) is 9.49 Å². The Morgan fingerprint density at radius 2 is 2.07 bits per heavy atom. The van der Waals surface area contributed by atoms with Crippen LogP contribution in [0.25, 0.3) is 5.69 Å². The Kier molecular flexibility index (Phi) is 5.49. The number of esters is 1. The lowest BCUT2D eigenvalue weighted by Gasteiger charge is -2.16. The summed E-state index contributed by atoms with van der Waals surface area (Å²) < 4.78 is 9.35. The van der Waals surface area contributed by atoms with Crippen molar-refractivity contribution in [2.45, 2.75) is 12.8 Å². The van der Waals surface area contributed by atoms with Crippen molar-refractivity contribution >= 4 is 55.9 Å². The molecule has 3 aromatic rings. The number of ether oxygens (including phenoxy) is 1. The number of aromatic nitrogens is 2. The number of halogens is 2. The van der Waals surface area contributed by atoms with Crippen molar-refractivity contribution in [1.29, 1.82) is 0 Å². The van der Waals surface area contributed by atoms with Crippen LogP contribution in [0.2, 0.25) is 0 Å². The molecule has 1 saturated carbocycles. The molecule has 0 radical (unpaired) electrons. The number of carbonyl (C=O) groups is 1. The van der Waals surface area contributed by atoms with E-state index in [4.69, 9.17) is 4.74 Å². The van der Waals surface area contributed by atoms with E-state index in [1.165, 1.54) is 0 Å². The van der Waals surface area contributed by atoms with Gasteiger partial charge < -0.3 is 14.6 Å². The molecule has 0 spiro atoms. The molecule has 0 aliphatic heterocycles. The van der Waals surface area contributed by atoms with Crippen LogP contribution in [0.4, 0.5) is 11.4 Å². The SMILES string of the molecule is O=C(OCC1CC1)c1cc(Br)c(-n2ccnc2)cc1Nc1ccc(I)cc1. The average molecular weight is 538 g/mol. The standard InChI is InChI=1S/C20H17BrIN3O2/c21-17-9-16(20(26)27-11-13-1-2-13)18(10-19(17)25-8-7-23-12-25)24-15-5-3-14(22)4-6-15/h3-10,12-13,24H,1-2,11H2. The van der Waals surface area contributed by atoms with Crippen molar-refractivity contribution in [2.24, 2.45) is 5.92 Å². The van der Waals surface area contributed by atoms with Gasteiger partial charge in [0.15, 0.2) is 0 Å². The van der Waals surface area contributed by atoms with E-state index >= 15 is 0 Å². The predicted molar refractivity (Wildman–Crippen MR) is 117 cm³/mol. The largest absolute Gasteiger partial charge is 0.462 e. The third-order valence-corrected chi connectivity index (χ3v) is 5.71. The van der Waals surface area contributed by atoms with E-state index in [1.807, 2.05) is 41.1 Å². The monoisotopic (exact) mass is 537 g/mol. The molecule has 0 bridgehead atoms. The lowest BCUT2D eigenvalue weighted by Crippen LogP contribution is -2.11. The maximum absolute atomic E-state index is 12.7. The Balaban J connectivity index is 1.70. The van der Waals surface area contributed by atoms with E-state index in [0.717, 1.165) is 32.3 Å². The third-order valence-electron chi connectivity index (χ3n) is 4.36. The predicted octanol–water partition coefficient (Wildman–Crippen LogP) is 5.55. The van der Waals surface area contributed by atoms with Crippen molar-refractivity contribution < 1.29 is 9.53 Å². The van der Waals surface area contributed by atoms with Crippen molar-refractivity contribution in [3.05, 3.63) is 68.7 Å². The van der Waals surface area contributed by atoms with Crippen LogP contribution < -0.4 is 5.32 Å². The van der Waals surface area contributed by atoms with Crippen LogP contribution in [-0.2, 0) is 4.74 Å². The van der Waals surface area contributed by atoms with E-state index < -0.39 is 0 Å². The minimum atomic E-state index is -0.312. The molecule has 1 N–H and O–H groups in total. The summed E-state index contributed by atoms with van der Waals surface area (Å²) in [5.74, 6) is 0.211. The molecule has 5 nitrogen and oxygen atoms in total.